The monoisotopic (exact) mass is 282 g/mol. The highest BCUT2D eigenvalue weighted by Crippen LogP contribution is 2.30. The molecule has 0 fully saturated rings. The van der Waals surface area contributed by atoms with Crippen LogP contribution in [0.15, 0.2) is 45.6 Å². The van der Waals surface area contributed by atoms with Crippen molar-refractivity contribution in [3.63, 3.8) is 0 Å². The van der Waals surface area contributed by atoms with Gasteiger partial charge in [-0.3, -0.25) is 0 Å². The first kappa shape index (κ1) is 11.0. The van der Waals surface area contributed by atoms with Crippen molar-refractivity contribution in [3.05, 3.63) is 42.5 Å². The average molecular weight is 282 g/mol. The van der Waals surface area contributed by atoms with Crippen LogP contribution in [-0.2, 0) is 0 Å². The third kappa shape index (κ3) is 1.49. The molecule has 0 aromatic carbocycles. The first-order valence-electron chi connectivity index (χ1n) is 5.74. The minimum absolute atomic E-state index is 0.351. The van der Waals surface area contributed by atoms with Gasteiger partial charge in [-0.05, 0) is 24.3 Å². The quantitative estimate of drug-likeness (QED) is 0.564. The largest absolute Gasteiger partial charge is 0.463 e. The van der Waals surface area contributed by atoms with Gasteiger partial charge in [-0.15, -0.1) is 5.10 Å². The van der Waals surface area contributed by atoms with Gasteiger partial charge in [-0.1, -0.05) is 11.3 Å². The van der Waals surface area contributed by atoms with Gasteiger partial charge in [0.25, 0.3) is 0 Å². The van der Waals surface area contributed by atoms with Crippen molar-refractivity contribution < 1.29 is 8.83 Å². The van der Waals surface area contributed by atoms with Crippen molar-refractivity contribution in [2.24, 2.45) is 0 Å². The molecule has 4 heterocycles. The molecule has 0 amide bonds. The van der Waals surface area contributed by atoms with E-state index in [-0.39, 0.29) is 0 Å². The van der Waals surface area contributed by atoms with Crippen molar-refractivity contribution in [1.82, 2.24) is 14.6 Å². The number of aromatic nitrogens is 3. The third-order valence-electron chi connectivity index (χ3n) is 2.80. The van der Waals surface area contributed by atoms with Gasteiger partial charge in [-0.25, -0.2) is 4.98 Å². The van der Waals surface area contributed by atoms with Gasteiger partial charge in [-0.2, -0.15) is 9.78 Å². The van der Waals surface area contributed by atoms with Crippen LogP contribution in [0.1, 0.15) is 5.69 Å². The Hall–Kier alpha value is -2.85. The molecule has 0 saturated heterocycles. The summed E-state index contributed by atoms with van der Waals surface area (Å²) < 4.78 is 12.1. The zero-order valence-corrected chi connectivity index (χ0v) is 10.8. The van der Waals surface area contributed by atoms with E-state index < -0.39 is 0 Å². The molecule has 0 bridgehead atoms. The van der Waals surface area contributed by atoms with Gasteiger partial charge in [0, 0.05) is 0 Å². The molecule has 0 radical (unpaired) electrons. The first-order valence-corrected chi connectivity index (χ1v) is 6.56. The van der Waals surface area contributed by atoms with Crippen molar-refractivity contribution >= 4 is 16.3 Å². The fourth-order valence-corrected chi connectivity index (χ4v) is 2.80. The van der Waals surface area contributed by atoms with Crippen LogP contribution >= 0.6 is 11.3 Å². The maximum Gasteiger partial charge on any atom is 0.214 e. The van der Waals surface area contributed by atoms with E-state index in [0.717, 1.165) is 0 Å². The van der Waals surface area contributed by atoms with Gasteiger partial charge in [0.15, 0.2) is 22.2 Å². The Balaban J connectivity index is 1.94. The maximum atomic E-state index is 9.33. The van der Waals surface area contributed by atoms with E-state index in [0.29, 0.717) is 32.9 Å². The molecule has 0 aliphatic rings. The van der Waals surface area contributed by atoms with E-state index in [9.17, 15) is 5.26 Å². The summed E-state index contributed by atoms with van der Waals surface area (Å²) in [5.74, 6) is 1.21. The summed E-state index contributed by atoms with van der Waals surface area (Å²) in [5, 5.41) is 14.4. The Morgan fingerprint density at radius 1 is 1.15 bits per heavy atom. The van der Waals surface area contributed by atoms with Crippen LogP contribution in [-0.4, -0.2) is 14.6 Å². The number of rotatable bonds is 2. The van der Waals surface area contributed by atoms with Crippen LogP contribution in [0.5, 0.6) is 0 Å². The van der Waals surface area contributed by atoms with Crippen molar-refractivity contribution in [3.8, 4) is 28.3 Å². The number of fused-ring (bicyclic) bond motifs is 1. The summed E-state index contributed by atoms with van der Waals surface area (Å²) in [6.45, 7) is 0. The molecule has 0 aliphatic carbocycles. The zero-order valence-electron chi connectivity index (χ0n) is 9.98. The van der Waals surface area contributed by atoms with E-state index in [4.69, 9.17) is 8.83 Å². The van der Waals surface area contributed by atoms with Gasteiger partial charge in [0.2, 0.25) is 4.96 Å². The molecule has 0 atom stereocenters. The Morgan fingerprint density at radius 3 is 2.55 bits per heavy atom. The molecule has 0 spiro atoms. The van der Waals surface area contributed by atoms with E-state index in [2.05, 4.69) is 16.2 Å². The van der Waals surface area contributed by atoms with Gasteiger partial charge in [0.1, 0.15) is 11.8 Å². The molecule has 6 nitrogen and oxygen atoms in total. The summed E-state index contributed by atoms with van der Waals surface area (Å²) in [6, 6.07) is 9.25. The lowest BCUT2D eigenvalue weighted by molar-refractivity contribution is 0.579. The molecule has 96 valence electrons. The SMILES string of the molecule is N#Cc1c(-c2ccco2)nc2sc(-c3ccco3)nn12. The number of imidazole rings is 1. The van der Waals surface area contributed by atoms with Crippen LogP contribution in [0.25, 0.3) is 27.2 Å². The standard InChI is InChI=1S/C13H6N4O2S/c14-7-8-11(9-3-1-5-18-9)15-13-17(8)16-12(20-13)10-4-2-6-19-10/h1-6H. The zero-order chi connectivity index (χ0) is 13.5. The molecule has 4 aromatic rings. The maximum absolute atomic E-state index is 9.33. The van der Waals surface area contributed by atoms with Crippen molar-refractivity contribution in [2.45, 2.75) is 0 Å². The summed E-state index contributed by atoms with van der Waals surface area (Å²) in [4.78, 5) is 5.04. The Morgan fingerprint density at radius 2 is 1.90 bits per heavy atom. The first-order chi connectivity index (χ1) is 9.86. The minimum atomic E-state index is 0.351. The van der Waals surface area contributed by atoms with Gasteiger partial charge >= 0.3 is 0 Å². The fraction of sp³-hybridized carbons (Fsp3) is 0. The number of hydrogen-bond donors (Lipinski definition) is 0. The van der Waals surface area contributed by atoms with Crippen molar-refractivity contribution in [2.75, 3.05) is 0 Å². The fourth-order valence-electron chi connectivity index (χ4n) is 1.93. The molecule has 7 heteroatoms. The number of hydrogen-bond acceptors (Lipinski definition) is 6. The number of furan rings is 2. The second kappa shape index (κ2) is 4.08. The molecule has 0 saturated carbocycles. The van der Waals surface area contributed by atoms with E-state index in [1.807, 2.05) is 6.07 Å². The number of nitrogens with zero attached hydrogens (tertiary/aromatic N) is 4. The summed E-state index contributed by atoms with van der Waals surface area (Å²) >= 11 is 1.36. The molecule has 0 aliphatic heterocycles. The van der Waals surface area contributed by atoms with E-state index >= 15 is 0 Å². The van der Waals surface area contributed by atoms with Gasteiger partial charge in [0.05, 0.1) is 12.5 Å². The van der Waals surface area contributed by atoms with Crippen LogP contribution < -0.4 is 0 Å². The average Bonchev–Trinajstić information content (AvgIpc) is 3.21. The normalized spacial score (nSPS) is 10.9. The predicted octanol–water partition coefficient (Wildman–Crippen LogP) is 3.18. The molecular weight excluding hydrogens is 276 g/mol. The highest BCUT2D eigenvalue weighted by molar-refractivity contribution is 7.19. The molecule has 0 N–H and O–H groups in total. The minimum Gasteiger partial charge on any atom is -0.463 e. The molecule has 0 unspecified atom stereocenters. The Labute approximate surface area is 116 Å². The highest BCUT2D eigenvalue weighted by Gasteiger charge is 2.20. The topological polar surface area (TPSA) is 80.3 Å². The lowest BCUT2D eigenvalue weighted by atomic mass is 10.3. The predicted molar refractivity (Wildman–Crippen MR) is 71.0 cm³/mol. The summed E-state index contributed by atoms with van der Waals surface area (Å²) in [7, 11) is 0. The smallest absolute Gasteiger partial charge is 0.214 e. The van der Waals surface area contributed by atoms with Crippen LogP contribution in [0.4, 0.5) is 0 Å². The Kier molecular flexibility index (Phi) is 2.25. The Bertz CT molecular complexity index is 910. The van der Waals surface area contributed by atoms with Crippen LogP contribution in [0.3, 0.4) is 0 Å². The van der Waals surface area contributed by atoms with Crippen LogP contribution in [0.2, 0.25) is 0 Å². The molecule has 20 heavy (non-hydrogen) atoms. The summed E-state index contributed by atoms with van der Waals surface area (Å²) in [5.41, 5.74) is 0.853. The molecular formula is C13H6N4O2S. The lowest BCUT2D eigenvalue weighted by Gasteiger charge is -1.91. The summed E-state index contributed by atoms with van der Waals surface area (Å²) in [6.07, 6.45) is 3.13. The highest BCUT2D eigenvalue weighted by atomic mass is 32.1. The molecule has 4 rings (SSSR count). The lowest BCUT2D eigenvalue weighted by Crippen LogP contribution is -1.90. The van der Waals surface area contributed by atoms with E-state index in [1.54, 1.807) is 30.7 Å². The second-order valence-corrected chi connectivity index (χ2v) is 4.93. The van der Waals surface area contributed by atoms with Gasteiger partial charge < -0.3 is 8.83 Å². The third-order valence-corrected chi connectivity index (χ3v) is 3.72. The second-order valence-electron chi connectivity index (χ2n) is 3.98. The van der Waals surface area contributed by atoms with Crippen molar-refractivity contribution in [1.29, 1.82) is 5.26 Å². The molecule has 4 aromatic heterocycles. The van der Waals surface area contributed by atoms with Crippen LogP contribution in [0, 0.1) is 11.3 Å². The number of nitriles is 1. The van der Waals surface area contributed by atoms with E-state index in [1.165, 1.54) is 15.9 Å².